The summed E-state index contributed by atoms with van der Waals surface area (Å²) in [6, 6.07) is 43.1. The van der Waals surface area contributed by atoms with Crippen LogP contribution in [0.15, 0.2) is 97.1 Å². The smallest absolute Gasteiger partial charge is 0.0590 e. The zero-order valence-corrected chi connectivity index (χ0v) is 31.6. The van der Waals surface area contributed by atoms with Gasteiger partial charge in [-0.15, -0.1) is 0 Å². The van der Waals surface area contributed by atoms with Gasteiger partial charge in [-0.1, -0.05) is 202 Å². The lowest BCUT2D eigenvalue weighted by Gasteiger charge is -2.34. The predicted molar refractivity (Wildman–Crippen MR) is 201 cm³/mol. The molecule has 0 spiro atoms. The summed E-state index contributed by atoms with van der Waals surface area (Å²) in [4.78, 5) is 0. The van der Waals surface area contributed by atoms with Crippen LogP contribution in [-0.4, -0.2) is 8.07 Å². The van der Waals surface area contributed by atoms with Crippen molar-refractivity contribution in [3.8, 4) is 0 Å². The molecule has 0 bridgehead atoms. The zero-order chi connectivity index (χ0) is 33.3. The van der Waals surface area contributed by atoms with Gasteiger partial charge >= 0.3 is 0 Å². The van der Waals surface area contributed by atoms with Crippen molar-refractivity contribution in [1.29, 1.82) is 0 Å². The molecule has 0 fully saturated rings. The van der Waals surface area contributed by atoms with Crippen molar-refractivity contribution < 1.29 is 0 Å². The maximum atomic E-state index is 2.43. The summed E-state index contributed by atoms with van der Waals surface area (Å²) in [6.07, 6.45) is 0. The van der Waals surface area contributed by atoms with E-state index in [4.69, 9.17) is 0 Å². The summed E-state index contributed by atoms with van der Waals surface area (Å²) in [5.41, 5.74) is 12.2. The van der Waals surface area contributed by atoms with Crippen molar-refractivity contribution in [2.45, 2.75) is 129 Å². The van der Waals surface area contributed by atoms with Gasteiger partial charge < -0.3 is 0 Å². The van der Waals surface area contributed by atoms with Crippen molar-refractivity contribution in [3.05, 3.63) is 142 Å². The van der Waals surface area contributed by atoms with Gasteiger partial charge in [0.25, 0.3) is 0 Å². The summed E-state index contributed by atoms with van der Waals surface area (Å²) < 4.78 is 0. The maximum absolute atomic E-state index is 2.43. The first-order chi connectivity index (χ1) is 20.7. The monoisotopic (exact) mass is 616 g/mol. The second kappa shape index (κ2) is 13.1. The van der Waals surface area contributed by atoms with Gasteiger partial charge in [0.05, 0.1) is 8.07 Å². The van der Waals surface area contributed by atoms with E-state index in [2.05, 4.69) is 180 Å². The minimum atomic E-state index is -2.01. The number of hydrogen-bond acceptors (Lipinski definition) is 0. The molecule has 0 aliphatic rings. The maximum Gasteiger partial charge on any atom is 0.0710 e. The van der Waals surface area contributed by atoms with Gasteiger partial charge in [-0.2, -0.15) is 0 Å². The Balaban J connectivity index is 1.81. The Kier molecular flexibility index (Phi) is 10.2. The fourth-order valence-electron chi connectivity index (χ4n) is 6.60. The van der Waals surface area contributed by atoms with E-state index in [0.29, 0.717) is 0 Å². The van der Waals surface area contributed by atoms with Crippen molar-refractivity contribution in [1.82, 2.24) is 0 Å². The van der Waals surface area contributed by atoms with Crippen LogP contribution in [0.25, 0.3) is 0 Å². The molecule has 0 N–H and O–H groups in total. The Morgan fingerprint density at radius 1 is 0.289 bits per heavy atom. The fraction of sp³-hybridized carbons (Fsp3) is 0.455. The number of rotatable bonds is 8. The van der Waals surface area contributed by atoms with Crippen LogP contribution in [0.2, 0.25) is 0 Å². The van der Waals surface area contributed by atoms with E-state index in [0.717, 1.165) is 0 Å². The van der Waals surface area contributed by atoms with Crippen molar-refractivity contribution in [3.63, 3.8) is 0 Å². The average molecular weight is 617 g/mol. The first kappa shape index (κ1) is 35.0. The summed E-state index contributed by atoms with van der Waals surface area (Å²) in [6.45, 7) is 27.7. The third-order valence-electron chi connectivity index (χ3n) is 9.60. The van der Waals surface area contributed by atoms with E-state index < -0.39 is 8.07 Å². The van der Waals surface area contributed by atoms with Crippen LogP contribution in [0, 0.1) is 0 Å². The van der Waals surface area contributed by atoms with Crippen molar-refractivity contribution in [2.75, 3.05) is 0 Å². The molecule has 0 aliphatic carbocycles. The van der Waals surface area contributed by atoms with E-state index in [9.17, 15) is 0 Å². The van der Waals surface area contributed by atoms with Gasteiger partial charge in [0.2, 0.25) is 0 Å². The average Bonchev–Trinajstić information content (AvgIpc) is 2.92. The lowest BCUT2D eigenvalue weighted by Crippen LogP contribution is -2.46. The largest absolute Gasteiger partial charge is 0.0710 e. The zero-order valence-electron chi connectivity index (χ0n) is 30.6. The van der Waals surface area contributed by atoms with E-state index in [-0.39, 0.29) is 21.7 Å². The first-order valence-corrected chi connectivity index (χ1v) is 19.9. The molecule has 4 rings (SSSR count). The van der Waals surface area contributed by atoms with Crippen LogP contribution in [-0.2, 0) is 45.8 Å². The highest BCUT2D eigenvalue weighted by Gasteiger charge is 2.35. The molecular formula is C44H60Si. The molecule has 0 unspecified atom stereocenters. The Morgan fingerprint density at radius 2 is 0.444 bits per heavy atom. The third kappa shape index (κ3) is 9.55. The van der Waals surface area contributed by atoms with Gasteiger partial charge in [0, 0.05) is 0 Å². The summed E-state index contributed by atoms with van der Waals surface area (Å²) in [7, 11) is -2.01. The Hall–Kier alpha value is -2.90. The molecule has 0 heterocycles. The molecule has 4 aromatic rings. The second-order valence-electron chi connectivity index (χ2n) is 18.0. The number of hydrogen-bond donors (Lipinski definition) is 0. The topological polar surface area (TPSA) is 0 Å². The Bertz CT molecular complexity index is 1260. The quantitative estimate of drug-likeness (QED) is 0.173. The van der Waals surface area contributed by atoms with Gasteiger partial charge in [-0.05, 0) is 68.1 Å². The number of benzene rings is 4. The highest BCUT2D eigenvalue weighted by Crippen LogP contribution is 2.32. The minimum Gasteiger partial charge on any atom is -0.0590 e. The Morgan fingerprint density at radius 3 is 0.578 bits per heavy atom. The highest BCUT2D eigenvalue weighted by molar-refractivity contribution is 6.77. The summed E-state index contributed by atoms with van der Waals surface area (Å²) >= 11 is 0. The molecule has 0 aromatic heterocycles. The molecule has 0 saturated heterocycles. The van der Waals surface area contributed by atoms with Gasteiger partial charge in [-0.3, -0.25) is 0 Å². The minimum absolute atomic E-state index is 0.158. The van der Waals surface area contributed by atoms with Crippen LogP contribution in [0.4, 0.5) is 0 Å². The molecule has 1 heteroatoms. The van der Waals surface area contributed by atoms with Crippen LogP contribution >= 0.6 is 0 Å². The molecule has 45 heavy (non-hydrogen) atoms. The molecule has 0 atom stereocenters. The summed E-state index contributed by atoms with van der Waals surface area (Å²) in [5, 5.41) is 0. The molecule has 4 aromatic carbocycles. The molecular weight excluding hydrogens is 557 g/mol. The Labute approximate surface area is 277 Å². The molecule has 0 aliphatic heterocycles. The van der Waals surface area contributed by atoms with Crippen LogP contribution < -0.4 is 0 Å². The van der Waals surface area contributed by atoms with E-state index in [1.54, 1.807) is 0 Å². The normalized spacial score (nSPS) is 13.2. The van der Waals surface area contributed by atoms with Gasteiger partial charge in [0.1, 0.15) is 0 Å². The lowest BCUT2D eigenvalue weighted by atomic mass is 9.87. The molecule has 0 radical (unpaired) electrons. The predicted octanol–water partition coefficient (Wildman–Crippen LogP) is 11.8. The van der Waals surface area contributed by atoms with Crippen LogP contribution in [0.5, 0.6) is 0 Å². The van der Waals surface area contributed by atoms with E-state index in [1.165, 1.54) is 68.7 Å². The third-order valence-corrected chi connectivity index (χ3v) is 14.2. The molecule has 0 saturated carbocycles. The molecule has 240 valence electrons. The van der Waals surface area contributed by atoms with Crippen LogP contribution in [0.3, 0.4) is 0 Å². The SMILES string of the molecule is CC(C)(C)c1ccc(C[Si](Cc2ccc(C(C)(C)C)cc2)(Cc2ccc(C(C)(C)C)cc2)Cc2ccc(C(C)(C)C)cc2)cc1. The van der Waals surface area contributed by atoms with Crippen molar-refractivity contribution >= 4 is 8.07 Å². The van der Waals surface area contributed by atoms with E-state index >= 15 is 0 Å². The second-order valence-corrected chi connectivity index (χ2v) is 22.4. The highest BCUT2D eigenvalue weighted by atomic mass is 28.3. The molecule has 0 amide bonds. The molecule has 0 nitrogen and oxygen atoms in total. The standard InChI is InChI=1S/C44H60Si/c1-41(2,3)37-21-13-33(14-22-37)29-45(30-34-15-23-38(24-16-34)42(4,5)6,31-35-17-25-39(26-18-35)43(7,8)9)32-36-19-27-40(28-20-36)44(10,11)12/h13-28H,29-32H2,1-12H3. The van der Waals surface area contributed by atoms with Crippen LogP contribution in [0.1, 0.15) is 128 Å². The lowest BCUT2D eigenvalue weighted by molar-refractivity contribution is 0.590. The van der Waals surface area contributed by atoms with E-state index in [1.807, 2.05) is 0 Å². The van der Waals surface area contributed by atoms with Gasteiger partial charge in [0.15, 0.2) is 0 Å². The fourth-order valence-corrected chi connectivity index (χ4v) is 11.8. The van der Waals surface area contributed by atoms with Crippen molar-refractivity contribution in [2.24, 2.45) is 0 Å². The summed E-state index contributed by atoms with van der Waals surface area (Å²) in [5.74, 6) is 0. The van der Waals surface area contributed by atoms with Gasteiger partial charge in [-0.25, -0.2) is 0 Å². The first-order valence-electron chi connectivity index (χ1n) is 17.1.